The number of fused-ring (bicyclic) bond motifs is 1. The third kappa shape index (κ3) is 5.92. The van der Waals surface area contributed by atoms with E-state index in [2.05, 4.69) is 5.32 Å². The number of rotatable bonds is 10. The molecule has 0 fully saturated rings. The van der Waals surface area contributed by atoms with Crippen molar-refractivity contribution in [2.24, 2.45) is 0 Å². The van der Waals surface area contributed by atoms with Gasteiger partial charge >= 0.3 is 0 Å². The first kappa shape index (κ1) is 23.9. The van der Waals surface area contributed by atoms with Crippen LogP contribution in [0.15, 0.2) is 36.4 Å². The van der Waals surface area contributed by atoms with Gasteiger partial charge in [0.05, 0.1) is 20.0 Å². The Kier molecular flexibility index (Phi) is 7.98. The Labute approximate surface area is 189 Å². The van der Waals surface area contributed by atoms with Gasteiger partial charge in [0, 0.05) is 19.6 Å². The summed E-state index contributed by atoms with van der Waals surface area (Å²) in [6, 6.07) is 11.2. The summed E-state index contributed by atoms with van der Waals surface area (Å²) in [6.45, 7) is 2.79. The highest BCUT2D eigenvalue weighted by molar-refractivity contribution is 7.89. The number of methoxy groups -OCH3 is 2. The number of benzene rings is 2. The van der Waals surface area contributed by atoms with Crippen LogP contribution >= 0.6 is 0 Å². The van der Waals surface area contributed by atoms with E-state index in [0.29, 0.717) is 43.2 Å². The largest absolute Gasteiger partial charge is 0.493 e. The number of ether oxygens (including phenoxy) is 3. The van der Waals surface area contributed by atoms with Crippen LogP contribution in [0.25, 0.3) is 0 Å². The molecule has 0 saturated carbocycles. The number of hydrogen-bond acceptors (Lipinski definition) is 6. The van der Waals surface area contributed by atoms with Crippen molar-refractivity contribution in [1.82, 2.24) is 9.62 Å². The second-order valence-corrected chi connectivity index (χ2v) is 9.72. The molecule has 0 saturated heterocycles. The Morgan fingerprint density at radius 3 is 2.44 bits per heavy atom. The van der Waals surface area contributed by atoms with Gasteiger partial charge in [0.15, 0.2) is 18.1 Å². The Hall–Kier alpha value is -2.78. The Bertz CT molecular complexity index is 1050. The minimum atomic E-state index is -3.44. The molecule has 1 amide bonds. The average molecular weight is 463 g/mol. The number of carbonyl (C=O) groups is 1. The molecule has 1 heterocycles. The molecule has 0 spiro atoms. The van der Waals surface area contributed by atoms with Crippen LogP contribution < -0.4 is 19.5 Å². The maximum absolute atomic E-state index is 12.8. The number of nitrogens with one attached hydrogen (secondary N) is 1. The van der Waals surface area contributed by atoms with Crippen LogP contribution in [-0.4, -0.2) is 58.3 Å². The molecule has 1 aliphatic rings. The highest BCUT2D eigenvalue weighted by atomic mass is 32.2. The molecular formula is C23H30N2O6S. The second kappa shape index (κ2) is 10.7. The van der Waals surface area contributed by atoms with Gasteiger partial charge in [0.2, 0.25) is 10.0 Å². The number of nitrogens with zero attached hydrogens (tertiary/aromatic N) is 1. The number of hydrogen-bond donors (Lipinski definition) is 1. The highest BCUT2D eigenvalue weighted by Crippen LogP contribution is 2.33. The lowest BCUT2D eigenvalue weighted by atomic mass is 10.0. The number of sulfonamides is 1. The first-order valence-corrected chi connectivity index (χ1v) is 12.1. The first-order valence-electron chi connectivity index (χ1n) is 10.5. The fourth-order valence-corrected chi connectivity index (χ4v) is 5.09. The predicted molar refractivity (Wildman–Crippen MR) is 122 cm³/mol. The van der Waals surface area contributed by atoms with Gasteiger partial charge in [-0.2, -0.15) is 4.31 Å². The maximum Gasteiger partial charge on any atom is 0.257 e. The van der Waals surface area contributed by atoms with E-state index in [9.17, 15) is 13.2 Å². The molecule has 0 aliphatic carbocycles. The number of aryl methyl sites for hydroxylation is 1. The van der Waals surface area contributed by atoms with Gasteiger partial charge in [-0.1, -0.05) is 18.2 Å². The molecule has 1 N–H and O–H groups in total. The molecular weight excluding hydrogens is 432 g/mol. The fourth-order valence-electron chi connectivity index (χ4n) is 3.62. The van der Waals surface area contributed by atoms with E-state index in [1.54, 1.807) is 20.3 Å². The van der Waals surface area contributed by atoms with Crippen molar-refractivity contribution in [2.75, 3.05) is 39.7 Å². The van der Waals surface area contributed by atoms with Crippen molar-refractivity contribution in [3.05, 3.63) is 53.1 Å². The van der Waals surface area contributed by atoms with Crippen LogP contribution in [0.5, 0.6) is 17.2 Å². The van der Waals surface area contributed by atoms with Gasteiger partial charge in [0.1, 0.15) is 5.75 Å². The van der Waals surface area contributed by atoms with Crippen LogP contribution in [0.3, 0.4) is 0 Å². The van der Waals surface area contributed by atoms with E-state index in [1.165, 1.54) is 4.31 Å². The Morgan fingerprint density at radius 1 is 1.06 bits per heavy atom. The molecule has 0 aromatic heterocycles. The summed E-state index contributed by atoms with van der Waals surface area (Å²) < 4.78 is 43.3. The van der Waals surface area contributed by atoms with Crippen molar-refractivity contribution in [2.45, 2.75) is 26.3 Å². The lowest BCUT2D eigenvalue weighted by Crippen LogP contribution is -2.38. The number of carbonyl (C=O) groups excluding carboxylic acids is 1. The van der Waals surface area contributed by atoms with E-state index >= 15 is 0 Å². The van der Waals surface area contributed by atoms with Crippen molar-refractivity contribution >= 4 is 15.9 Å². The summed E-state index contributed by atoms with van der Waals surface area (Å²) in [5.74, 6) is 1.57. The smallest absolute Gasteiger partial charge is 0.257 e. The SMILES string of the molecule is COc1cc2c(cc1OC)CN(S(=O)(=O)CCCNC(=O)COc1ccccc1C)CC2. The van der Waals surface area contributed by atoms with Gasteiger partial charge < -0.3 is 19.5 Å². The normalized spacial score (nSPS) is 13.8. The molecule has 1 aliphatic heterocycles. The molecule has 0 bridgehead atoms. The summed E-state index contributed by atoms with van der Waals surface area (Å²) in [6.07, 6.45) is 0.940. The quantitative estimate of drug-likeness (QED) is 0.545. The van der Waals surface area contributed by atoms with Crippen molar-refractivity contribution in [3.8, 4) is 17.2 Å². The third-order valence-corrected chi connectivity index (χ3v) is 7.33. The molecule has 9 heteroatoms. The minimum absolute atomic E-state index is 0.0332. The topological polar surface area (TPSA) is 94.2 Å². The molecule has 2 aromatic rings. The summed E-state index contributed by atoms with van der Waals surface area (Å²) in [5.41, 5.74) is 2.93. The molecule has 8 nitrogen and oxygen atoms in total. The molecule has 2 aromatic carbocycles. The van der Waals surface area contributed by atoms with Gasteiger partial charge in [-0.25, -0.2) is 8.42 Å². The van der Waals surface area contributed by atoms with Gasteiger partial charge in [0.25, 0.3) is 5.91 Å². The van der Waals surface area contributed by atoms with E-state index in [-0.39, 0.29) is 24.8 Å². The Balaban J connectivity index is 1.46. The van der Waals surface area contributed by atoms with E-state index in [4.69, 9.17) is 14.2 Å². The predicted octanol–water partition coefficient (Wildman–Crippen LogP) is 2.29. The summed E-state index contributed by atoms with van der Waals surface area (Å²) in [7, 11) is -0.303. The lowest BCUT2D eigenvalue weighted by Gasteiger charge is -2.29. The zero-order chi connectivity index (χ0) is 23.1. The van der Waals surface area contributed by atoms with Crippen molar-refractivity contribution in [3.63, 3.8) is 0 Å². The van der Waals surface area contributed by atoms with E-state index < -0.39 is 10.0 Å². The lowest BCUT2D eigenvalue weighted by molar-refractivity contribution is -0.123. The molecule has 0 unspecified atom stereocenters. The van der Waals surface area contributed by atoms with Crippen LogP contribution in [0.2, 0.25) is 0 Å². The highest BCUT2D eigenvalue weighted by Gasteiger charge is 2.27. The summed E-state index contributed by atoms with van der Waals surface area (Å²) >= 11 is 0. The van der Waals surface area contributed by atoms with Crippen LogP contribution in [0, 0.1) is 6.92 Å². The molecule has 0 radical (unpaired) electrons. The summed E-state index contributed by atoms with van der Waals surface area (Å²) in [5, 5.41) is 2.71. The van der Waals surface area contributed by atoms with Crippen LogP contribution in [-0.2, 0) is 27.8 Å². The second-order valence-electron chi connectivity index (χ2n) is 7.63. The fraction of sp³-hybridized carbons (Fsp3) is 0.435. The minimum Gasteiger partial charge on any atom is -0.493 e. The molecule has 32 heavy (non-hydrogen) atoms. The summed E-state index contributed by atoms with van der Waals surface area (Å²) in [4.78, 5) is 12.0. The third-order valence-electron chi connectivity index (χ3n) is 5.43. The maximum atomic E-state index is 12.8. The number of para-hydroxylation sites is 1. The monoisotopic (exact) mass is 462 g/mol. The molecule has 174 valence electrons. The van der Waals surface area contributed by atoms with E-state index in [0.717, 1.165) is 16.7 Å². The van der Waals surface area contributed by atoms with Gasteiger partial charge in [-0.05, 0) is 54.7 Å². The standard InChI is InChI=1S/C23H30N2O6S/c1-17-7-4-5-8-20(17)31-16-23(26)24-10-6-12-32(27,28)25-11-9-18-13-21(29-2)22(30-3)14-19(18)15-25/h4-5,7-8,13-14H,6,9-12,15-16H2,1-3H3,(H,24,26). The molecule has 0 atom stereocenters. The van der Waals surface area contributed by atoms with Crippen LogP contribution in [0.4, 0.5) is 0 Å². The average Bonchev–Trinajstić information content (AvgIpc) is 2.80. The van der Waals surface area contributed by atoms with E-state index in [1.807, 2.05) is 37.3 Å². The van der Waals surface area contributed by atoms with Gasteiger partial charge in [-0.15, -0.1) is 0 Å². The zero-order valence-electron chi connectivity index (χ0n) is 18.7. The van der Waals surface area contributed by atoms with Crippen molar-refractivity contribution in [1.29, 1.82) is 0 Å². The first-order chi connectivity index (χ1) is 15.3. The Morgan fingerprint density at radius 2 is 1.75 bits per heavy atom. The van der Waals surface area contributed by atoms with Crippen LogP contribution in [0.1, 0.15) is 23.1 Å². The van der Waals surface area contributed by atoms with Gasteiger partial charge in [-0.3, -0.25) is 4.79 Å². The number of amides is 1. The molecule has 3 rings (SSSR count). The zero-order valence-corrected chi connectivity index (χ0v) is 19.5. The van der Waals surface area contributed by atoms with Crippen molar-refractivity contribution < 1.29 is 27.4 Å².